The molecule has 3 rings (SSSR count). The van der Waals surface area contributed by atoms with E-state index in [1.165, 1.54) is 0 Å². The van der Waals surface area contributed by atoms with Crippen LogP contribution in [0.5, 0.6) is 0 Å². The molecule has 0 aliphatic carbocycles. The van der Waals surface area contributed by atoms with Crippen LogP contribution in [0.3, 0.4) is 0 Å². The van der Waals surface area contributed by atoms with Crippen molar-refractivity contribution in [3.63, 3.8) is 0 Å². The molecule has 0 atom stereocenters. The summed E-state index contributed by atoms with van der Waals surface area (Å²) in [4.78, 5) is 8.47. The third kappa shape index (κ3) is 2.88. The van der Waals surface area contributed by atoms with Crippen molar-refractivity contribution in [2.24, 2.45) is 0 Å². The Kier molecular flexibility index (Phi) is 3.78. The highest BCUT2D eigenvalue weighted by molar-refractivity contribution is 5.75. The smallest absolute Gasteiger partial charge is 0.221 e. The average molecular weight is 270 g/mol. The van der Waals surface area contributed by atoms with Crippen molar-refractivity contribution in [1.29, 1.82) is 0 Å². The summed E-state index contributed by atoms with van der Waals surface area (Å²) in [5.74, 6) is 1.09. The molecule has 0 unspecified atom stereocenters. The second-order valence-corrected chi connectivity index (χ2v) is 4.89. The van der Waals surface area contributed by atoms with Gasteiger partial charge in [0.05, 0.1) is 0 Å². The molecular formula is C15H18N4O. The summed E-state index contributed by atoms with van der Waals surface area (Å²) < 4.78 is 5.38. The van der Waals surface area contributed by atoms with Gasteiger partial charge in [0, 0.05) is 31.0 Å². The van der Waals surface area contributed by atoms with Crippen LogP contribution < -0.4 is 11.1 Å². The number of anilines is 2. The third-order valence-electron chi connectivity index (χ3n) is 3.45. The van der Waals surface area contributed by atoms with Gasteiger partial charge in [0.1, 0.15) is 5.82 Å². The number of nitrogen functional groups attached to an aromatic ring is 1. The van der Waals surface area contributed by atoms with Gasteiger partial charge in [-0.25, -0.2) is 4.98 Å². The molecule has 104 valence electrons. The van der Waals surface area contributed by atoms with E-state index in [-0.39, 0.29) is 0 Å². The monoisotopic (exact) mass is 270 g/mol. The van der Waals surface area contributed by atoms with E-state index in [4.69, 9.17) is 10.5 Å². The number of benzene rings is 1. The Labute approximate surface area is 118 Å². The molecule has 3 N–H and O–H groups in total. The summed E-state index contributed by atoms with van der Waals surface area (Å²) in [5, 5.41) is 3.48. The second-order valence-electron chi connectivity index (χ2n) is 4.89. The van der Waals surface area contributed by atoms with E-state index in [1.807, 2.05) is 30.3 Å². The molecule has 0 bridgehead atoms. The number of nitrogens with zero attached hydrogens (tertiary/aromatic N) is 2. The van der Waals surface area contributed by atoms with E-state index in [9.17, 15) is 0 Å². The molecule has 0 spiro atoms. The fraction of sp³-hybridized carbons (Fsp3) is 0.333. The lowest BCUT2D eigenvalue weighted by atomic mass is 10.1. The van der Waals surface area contributed by atoms with Crippen LogP contribution in [0.2, 0.25) is 0 Å². The van der Waals surface area contributed by atoms with E-state index < -0.39 is 0 Å². The maximum atomic E-state index is 5.72. The van der Waals surface area contributed by atoms with Crippen molar-refractivity contribution in [2.75, 3.05) is 24.3 Å². The number of nitrogens with two attached hydrogens (primary N) is 1. The molecule has 0 saturated carbocycles. The normalized spacial score (nSPS) is 16.0. The van der Waals surface area contributed by atoms with Gasteiger partial charge < -0.3 is 15.8 Å². The Morgan fingerprint density at radius 1 is 1.15 bits per heavy atom. The highest BCUT2D eigenvalue weighted by atomic mass is 16.5. The van der Waals surface area contributed by atoms with E-state index in [1.54, 1.807) is 6.20 Å². The second kappa shape index (κ2) is 5.88. The first-order valence-electron chi connectivity index (χ1n) is 6.85. The van der Waals surface area contributed by atoms with Crippen LogP contribution in [0.1, 0.15) is 12.8 Å². The molecule has 2 heterocycles. The first-order valence-corrected chi connectivity index (χ1v) is 6.85. The van der Waals surface area contributed by atoms with Gasteiger partial charge in [-0.3, -0.25) is 0 Å². The molecule has 0 amide bonds. The lowest BCUT2D eigenvalue weighted by Gasteiger charge is -2.24. The van der Waals surface area contributed by atoms with Crippen molar-refractivity contribution < 1.29 is 4.74 Å². The van der Waals surface area contributed by atoms with Gasteiger partial charge in [-0.1, -0.05) is 30.3 Å². The maximum Gasteiger partial charge on any atom is 0.221 e. The standard InChI is InChI=1S/C15H18N4O/c16-15-17-10-13(11-4-2-1-3-5-11)14(19-15)18-12-6-8-20-9-7-12/h1-5,10,12H,6-9H2,(H3,16,17,18,19). The fourth-order valence-corrected chi connectivity index (χ4v) is 2.37. The Hall–Kier alpha value is -2.14. The van der Waals surface area contributed by atoms with Crippen LogP contribution in [-0.2, 0) is 4.74 Å². The van der Waals surface area contributed by atoms with Gasteiger partial charge in [-0.2, -0.15) is 4.98 Å². The lowest BCUT2D eigenvalue weighted by Crippen LogP contribution is -2.28. The minimum Gasteiger partial charge on any atom is -0.381 e. The molecule has 20 heavy (non-hydrogen) atoms. The zero-order valence-electron chi connectivity index (χ0n) is 11.2. The topological polar surface area (TPSA) is 73.1 Å². The van der Waals surface area contributed by atoms with Gasteiger partial charge in [0.25, 0.3) is 0 Å². The Morgan fingerprint density at radius 2 is 1.90 bits per heavy atom. The Balaban J connectivity index is 1.90. The van der Waals surface area contributed by atoms with Crippen LogP contribution in [0.4, 0.5) is 11.8 Å². The van der Waals surface area contributed by atoms with Crippen LogP contribution in [-0.4, -0.2) is 29.2 Å². The predicted molar refractivity (Wildman–Crippen MR) is 79.3 cm³/mol. The van der Waals surface area contributed by atoms with Crippen LogP contribution >= 0.6 is 0 Å². The van der Waals surface area contributed by atoms with E-state index in [2.05, 4.69) is 15.3 Å². The number of aromatic nitrogens is 2. The van der Waals surface area contributed by atoms with Crippen molar-refractivity contribution in [3.8, 4) is 11.1 Å². The lowest BCUT2D eigenvalue weighted by molar-refractivity contribution is 0.0904. The minimum atomic E-state index is 0.291. The number of ether oxygens (including phenoxy) is 1. The molecule has 0 radical (unpaired) electrons. The number of nitrogens with one attached hydrogen (secondary N) is 1. The molecule has 1 aliphatic heterocycles. The molecule has 1 fully saturated rings. The summed E-state index contributed by atoms with van der Waals surface area (Å²) in [5.41, 5.74) is 7.79. The van der Waals surface area contributed by atoms with E-state index >= 15 is 0 Å². The van der Waals surface area contributed by atoms with E-state index in [0.29, 0.717) is 12.0 Å². The molecule has 1 saturated heterocycles. The van der Waals surface area contributed by atoms with Crippen molar-refractivity contribution in [3.05, 3.63) is 36.5 Å². The molecule has 5 heteroatoms. The van der Waals surface area contributed by atoms with Crippen molar-refractivity contribution in [2.45, 2.75) is 18.9 Å². The first kappa shape index (κ1) is 12.9. The number of rotatable bonds is 3. The Bertz CT molecular complexity index is 567. The van der Waals surface area contributed by atoms with Gasteiger partial charge in [0.15, 0.2) is 0 Å². The quantitative estimate of drug-likeness (QED) is 0.895. The average Bonchev–Trinajstić information content (AvgIpc) is 2.49. The largest absolute Gasteiger partial charge is 0.381 e. The van der Waals surface area contributed by atoms with Gasteiger partial charge >= 0.3 is 0 Å². The van der Waals surface area contributed by atoms with Crippen molar-refractivity contribution >= 4 is 11.8 Å². The predicted octanol–water partition coefficient (Wildman–Crippen LogP) is 2.32. The van der Waals surface area contributed by atoms with Crippen LogP contribution in [0.25, 0.3) is 11.1 Å². The molecule has 5 nitrogen and oxygen atoms in total. The first-order chi connectivity index (χ1) is 9.83. The maximum absolute atomic E-state index is 5.72. The minimum absolute atomic E-state index is 0.291. The fourth-order valence-electron chi connectivity index (χ4n) is 2.37. The number of hydrogen-bond acceptors (Lipinski definition) is 5. The highest BCUT2D eigenvalue weighted by Crippen LogP contribution is 2.27. The van der Waals surface area contributed by atoms with E-state index in [0.717, 1.165) is 43.0 Å². The van der Waals surface area contributed by atoms with Gasteiger partial charge in [-0.05, 0) is 18.4 Å². The van der Waals surface area contributed by atoms with Crippen LogP contribution in [0.15, 0.2) is 36.5 Å². The number of hydrogen-bond donors (Lipinski definition) is 2. The SMILES string of the molecule is Nc1ncc(-c2ccccc2)c(NC2CCOCC2)n1. The molecule has 1 aromatic heterocycles. The highest BCUT2D eigenvalue weighted by Gasteiger charge is 2.16. The summed E-state index contributed by atoms with van der Waals surface area (Å²) in [6.45, 7) is 1.58. The third-order valence-corrected chi connectivity index (χ3v) is 3.45. The summed E-state index contributed by atoms with van der Waals surface area (Å²) in [6.07, 6.45) is 3.75. The molecule has 2 aromatic rings. The zero-order valence-corrected chi connectivity index (χ0v) is 11.2. The Morgan fingerprint density at radius 3 is 2.65 bits per heavy atom. The summed E-state index contributed by atoms with van der Waals surface area (Å²) >= 11 is 0. The molecule has 1 aromatic carbocycles. The van der Waals surface area contributed by atoms with Crippen LogP contribution in [0, 0.1) is 0 Å². The van der Waals surface area contributed by atoms with Crippen molar-refractivity contribution in [1.82, 2.24) is 9.97 Å². The van der Waals surface area contributed by atoms with Gasteiger partial charge in [-0.15, -0.1) is 0 Å². The summed E-state index contributed by atoms with van der Waals surface area (Å²) in [6, 6.07) is 10.5. The van der Waals surface area contributed by atoms with Gasteiger partial charge in [0.2, 0.25) is 5.95 Å². The molecular weight excluding hydrogens is 252 g/mol. The summed E-state index contributed by atoms with van der Waals surface area (Å²) in [7, 11) is 0. The molecule has 1 aliphatic rings. The zero-order chi connectivity index (χ0) is 13.8.